The van der Waals surface area contributed by atoms with E-state index in [1.165, 1.54) is 0 Å². The number of piperazine rings is 1. The number of carbonyl (C=O) groups excluding carboxylic acids is 1. The number of amides is 1. The Labute approximate surface area is 163 Å². The number of aromatic nitrogens is 4. The summed E-state index contributed by atoms with van der Waals surface area (Å²) in [6.45, 7) is 4.61. The lowest BCUT2D eigenvalue weighted by molar-refractivity contribution is 0.0998. The average molecular weight is 383 g/mol. The quantitative estimate of drug-likeness (QED) is 0.536. The van der Waals surface area contributed by atoms with Crippen LogP contribution < -0.4 is 16.4 Å². The van der Waals surface area contributed by atoms with Crippen molar-refractivity contribution in [1.82, 2.24) is 24.6 Å². The van der Waals surface area contributed by atoms with Crippen molar-refractivity contribution in [2.75, 3.05) is 37.6 Å². The van der Waals surface area contributed by atoms with E-state index in [9.17, 15) is 4.79 Å². The highest BCUT2D eigenvalue weighted by molar-refractivity contribution is 5.93. The van der Waals surface area contributed by atoms with Gasteiger partial charge in [-0.3, -0.25) is 14.5 Å². The number of primary amides is 1. The van der Waals surface area contributed by atoms with E-state index in [2.05, 4.69) is 29.9 Å². The molecule has 2 aromatic heterocycles. The average Bonchev–Trinajstić information content (AvgIpc) is 3.16. The number of hydrogen-bond donors (Lipinski definition) is 2. The number of guanidine groups is 1. The minimum atomic E-state index is -0.426. The Hall–Kier alpha value is -3.17. The van der Waals surface area contributed by atoms with Gasteiger partial charge < -0.3 is 21.3 Å². The molecule has 0 spiro atoms. The molecule has 28 heavy (non-hydrogen) atoms. The van der Waals surface area contributed by atoms with Gasteiger partial charge in [-0.15, -0.1) is 0 Å². The SMILES string of the molecule is NC(=O)c1cnn2c1CC(CN=C(N)N1CCN(c3ncccn3)CC1)CC2. The maximum Gasteiger partial charge on any atom is 0.252 e. The summed E-state index contributed by atoms with van der Waals surface area (Å²) < 4.78 is 1.87. The first-order valence-corrected chi connectivity index (χ1v) is 9.53. The zero-order valence-corrected chi connectivity index (χ0v) is 15.7. The third-order valence-corrected chi connectivity index (χ3v) is 5.40. The van der Waals surface area contributed by atoms with E-state index in [1.54, 1.807) is 18.6 Å². The summed E-state index contributed by atoms with van der Waals surface area (Å²) in [6, 6.07) is 1.81. The van der Waals surface area contributed by atoms with E-state index in [1.807, 2.05) is 10.7 Å². The minimum absolute atomic E-state index is 0.333. The Bertz CT molecular complexity index is 855. The summed E-state index contributed by atoms with van der Waals surface area (Å²) in [5, 5.41) is 4.25. The third-order valence-electron chi connectivity index (χ3n) is 5.40. The van der Waals surface area contributed by atoms with Crippen LogP contribution in [0.4, 0.5) is 5.95 Å². The Morgan fingerprint density at radius 3 is 2.61 bits per heavy atom. The van der Waals surface area contributed by atoms with Gasteiger partial charge in [-0.25, -0.2) is 9.97 Å². The fraction of sp³-hybridized carbons (Fsp3) is 0.500. The molecule has 148 valence electrons. The number of anilines is 1. The monoisotopic (exact) mass is 383 g/mol. The fourth-order valence-corrected chi connectivity index (χ4v) is 3.77. The molecule has 10 heteroatoms. The Morgan fingerprint density at radius 2 is 1.89 bits per heavy atom. The maximum absolute atomic E-state index is 11.5. The third kappa shape index (κ3) is 3.75. The van der Waals surface area contributed by atoms with Crippen LogP contribution in [0, 0.1) is 5.92 Å². The van der Waals surface area contributed by atoms with E-state index in [-0.39, 0.29) is 0 Å². The van der Waals surface area contributed by atoms with Crippen molar-refractivity contribution in [2.24, 2.45) is 22.4 Å². The number of aryl methyl sites for hydroxylation is 1. The summed E-state index contributed by atoms with van der Waals surface area (Å²) in [6.07, 6.45) is 6.78. The first-order valence-electron chi connectivity index (χ1n) is 9.53. The van der Waals surface area contributed by atoms with E-state index >= 15 is 0 Å². The van der Waals surface area contributed by atoms with Gasteiger partial charge in [0, 0.05) is 51.7 Å². The van der Waals surface area contributed by atoms with E-state index in [0.717, 1.165) is 57.2 Å². The Morgan fingerprint density at radius 1 is 1.14 bits per heavy atom. The molecule has 4 rings (SSSR count). The second-order valence-corrected chi connectivity index (χ2v) is 7.17. The molecule has 2 aromatic rings. The summed E-state index contributed by atoms with van der Waals surface area (Å²) >= 11 is 0. The molecule has 0 radical (unpaired) electrons. The molecule has 1 atom stereocenters. The molecule has 1 amide bonds. The molecular formula is C18H25N9O. The molecule has 1 saturated heterocycles. The molecule has 2 aliphatic heterocycles. The van der Waals surface area contributed by atoms with Crippen LogP contribution in [0.5, 0.6) is 0 Å². The molecule has 4 heterocycles. The highest BCUT2D eigenvalue weighted by Gasteiger charge is 2.25. The van der Waals surface area contributed by atoms with Crippen molar-refractivity contribution in [3.63, 3.8) is 0 Å². The van der Waals surface area contributed by atoms with Crippen LogP contribution in [0.1, 0.15) is 22.5 Å². The van der Waals surface area contributed by atoms with Crippen molar-refractivity contribution in [1.29, 1.82) is 0 Å². The number of aliphatic imine (C=N–C) groups is 1. The second kappa shape index (κ2) is 7.83. The van der Waals surface area contributed by atoms with Crippen molar-refractivity contribution < 1.29 is 4.79 Å². The molecule has 0 saturated carbocycles. The van der Waals surface area contributed by atoms with Crippen molar-refractivity contribution in [3.05, 3.63) is 35.9 Å². The standard InChI is InChI=1S/C18H25N9O/c19-16(28)14-12-24-27-5-2-13(10-15(14)27)11-23-17(20)25-6-8-26(9-7-25)18-21-3-1-4-22-18/h1,3-4,12-13H,2,5-11H2,(H2,19,28)(H2,20,23). The van der Waals surface area contributed by atoms with E-state index in [0.29, 0.717) is 24.0 Å². The number of hydrogen-bond acceptors (Lipinski definition) is 6. The fourth-order valence-electron chi connectivity index (χ4n) is 3.77. The Kier molecular flexibility index (Phi) is 5.09. The van der Waals surface area contributed by atoms with Gasteiger partial charge in [-0.1, -0.05) is 0 Å². The largest absolute Gasteiger partial charge is 0.370 e. The van der Waals surface area contributed by atoms with Gasteiger partial charge in [-0.2, -0.15) is 5.10 Å². The first-order chi connectivity index (χ1) is 13.6. The van der Waals surface area contributed by atoms with Gasteiger partial charge in [-0.05, 0) is 24.8 Å². The number of nitrogens with zero attached hydrogens (tertiary/aromatic N) is 7. The summed E-state index contributed by atoms with van der Waals surface area (Å²) in [5.74, 6) is 1.23. The van der Waals surface area contributed by atoms with Gasteiger partial charge >= 0.3 is 0 Å². The predicted octanol–water partition coefficient (Wildman–Crippen LogP) is -0.529. The minimum Gasteiger partial charge on any atom is -0.370 e. The molecule has 2 aliphatic rings. The summed E-state index contributed by atoms with van der Waals surface area (Å²) in [4.78, 5) is 29.0. The van der Waals surface area contributed by atoms with Crippen molar-refractivity contribution in [3.8, 4) is 0 Å². The number of rotatable bonds is 4. The number of fused-ring (bicyclic) bond motifs is 1. The van der Waals surface area contributed by atoms with E-state index < -0.39 is 5.91 Å². The van der Waals surface area contributed by atoms with Crippen LogP contribution in [-0.4, -0.2) is 69.2 Å². The molecule has 0 aromatic carbocycles. The normalized spacial score (nSPS) is 20.1. The first kappa shape index (κ1) is 18.2. The molecule has 1 fully saturated rings. The van der Waals surface area contributed by atoms with Crippen LogP contribution in [0.3, 0.4) is 0 Å². The molecule has 1 unspecified atom stereocenters. The summed E-state index contributed by atoms with van der Waals surface area (Å²) in [5.41, 5.74) is 13.1. The predicted molar refractivity (Wildman–Crippen MR) is 105 cm³/mol. The van der Waals surface area contributed by atoms with Gasteiger partial charge in [0.2, 0.25) is 5.95 Å². The highest BCUT2D eigenvalue weighted by Crippen LogP contribution is 2.23. The smallest absolute Gasteiger partial charge is 0.252 e. The molecule has 10 nitrogen and oxygen atoms in total. The van der Waals surface area contributed by atoms with Crippen LogP contribution >= 0.6 is 0 Å². The van der Waals surface area contributed by atoms with Gasteiger partial charge in [0.1, 0.15) is 0 Å². The summed E-state index contributed by atoms with van der Waals surface area (Å²) in [7, 11) is 0. The van der Waals surface area contributed by atoms with Crippen LogP contribution in [0.2, 0.25) is 0 Å². The van der Waals surface area contributed by atoms with Gasteiger partial charge in [0.15, 0.2) is 5.96 Å². The van der Waals surface area contributed by atoms with E-state index in [4.69, 9.17) is 11.5 Å². The lowest BCUT2D eigenvalue weighted by Crippen LogP contribution is -2.51. The molecule has 4 N–H and O–H groups in total. The van der Waals surface area contributed by atoms with Crippen LogP contribution in [0.15, 0.2) is 29.6 Å². The zero-order chi connectivity index (χ0) is 19.5. The van der Waals surface area contributed by atoms with Crippen LogP contribution in [-0.2, 0) is 13.0 Å². The van der Waals surface area contributed by atoms with Crippen molar-refractivity contribution >= 4 is 17.8 Å². The van der Waals surface area contributed by atoms with Gasteiger partial charge in [0.25, 0.3) is 5.91 Å². The number of carbonyl (C=O) groups is 1. The Balaban J connectivity index is 1.32. The molecule has 0 aliphatic carbocycles. The number of nitrogens with two attached hydrogens (primary N) is 2. The lowest BCUT2D eigenvalue weighted by atomic mass is 9.94. The molecular weight excluding hydrogens is 358 g/mol. The van der Waals surface area contributed by atoms with Gasteiger partial charge in [0.05, 0.1) is 17.5 Å². The zero-order valence-electron chi connectivity index (χ0n) is 15.7. The van der Waals surface area contributed by atoms with Crippen molar-refractivity contribution in [2.45, 2.75) is 19.4 Å². The van der Waals surface area contributed by atoms with Crippen LogP contribution in [0.25, 0.3) is 0 Å². The lowest BCUT2D eigenvalue weighted by Gasteiger charge is -2.35. The maximum atomic E-state index is 11.5. The topological polar surface area (TPSA) is 132 Å². The molecule has 0 bridgehead atoms. The highest BCUT2D eigenvalue weighted by atomic mass is 16.1. The second-order valence-electron chi connectivity index (χ2n) is 7.17.